The lowest BCUT2D eigenvalue weighted by atomic mass is 9.72. The summed E-state index contributed by atoms with van der Waals surface area (Å²) in [5, 5.41) is 0. The molecule has 0 fully saturated rings. The molecule has 0 spiro atoms. The highest BCUT2D eigenvalue weighted by Gasteiger charge is 2.28. The Kier molecular flexibility index (Phi) is 2.70. The van der Waals surface area contributed by atoms with Gasteiger partial charge in [-0.05, 0) is 46.2 Å². The minimum absolute atomic E-state index is 0.182. The first-order valence-corrected chi connectivity index (χ1v) is 6.74. The molecule has 1 aliphatic rings. The minimum atomic E-state index is 0.182. The smallest absolute Gasteiger partial charge is 0.0320 e. The van der Waals surface area contributed by atoms with Gasteiger partial charge >= 0.3 is 0 Å². The summed E-state index contributed by atoms with van der Waals surface area (Å²) in [5.41, 5.74) is 12.2. The summed E-state index contributed by atoms with van der Waals surface area (Å²) < 4.78 is 0. The zero-order valence-corrected chi connectivity index (χ0v) is 11.5. The lowest BCUT2D eigenvalue weighted by Crippen LogP contribution is -2.22. The fourth-order valence-electron chi connectivity index (χ4n) is 2.84. The van der Waals surface area contributed by atoms with Gasteiger partial charge in [0, 0.05) is 5.69 Å². The fraction of sp³-hybridized carbons (Fsp3) is 0.222. The van der Waals surface area contributed by atoms with Gasteiger partial charge in [0.1, 0.15) is 0 Å². The highest BCUT2D eigenvalue weighted by molar-refractivity contribution is 5.84. The Labute approximate surface area is 114 Å². The summed E-state index contributed by atoms with van der Waals surface area (Å²) >= 11 is 0. The van der Waals surface area contributed by atoms with Crippen molar-refractivity contribution in [2.75, 3.05) is 5.73 Å². The van der Waals surface area contributed by atoms with Crippen molar-refractivity contribution in [3.63, 3.8) is 0 Å². The molecule has 0 saturated carbocycles. The maximum Gasteiger partial charge on any atom is 0.0320 e. The van der Waals surface area contributed by atoms with Crippen LogP contribution in [0.25, 0.3) is 5.57 Å². The van der Waals surface area contributed by atoms with E-state index in [2.05, 4.69) is 62.4 Å². The predicted octanol–water partition coefficient (Wildman–Crippen LogP) is 4.38. The second-order valence-electron chi connectivity index (χ2n) is 5.88. The Bertz CT molecular complexity index is 636. The molecule has 1 nitrogen and oxygen atoms in total. The average molecular weight is 249 g/mol. The van der Waals surface area contributed by atoms with Crippen LogP contribution in [0.1, 0.15) is 37.0 Å². The van der Waals surface area contributed by atoms with Crippen LogP contribution >= 0.6 is 0 Å². The molecule has 0 unspecified atom stereocenters. The molecule has 0 radical (unpaired) electrons. The minimum Gasteiger partial charge on any atom is -0.399 e. The molecular weight excluding hydrogens is 230 g/mol. The van der Waals surface area contributed by atoms with E-state index in [0.29, 0.717) is 0 Å². The molecule has 2 aromatic carbocycles. The molecule has 3 rings (SSSR count). The lowest BCUT2D eigenvalue weighted by molar-refractivity contribution is 0.527. The van der Waals surface area contributed by atoms with E-state index in [-0.39, 0.29) is 5.41 Å². The van der Waals surface area contributed by atoms with Crippen molar-refractivity contribution in [3.8, 4) is 0 Å². The zero-order chi connectivity index (χ0) is 13.5. The molecule has 96 valence electrons. The number of allylic oxidation sites excluding steroid dienone is 1. The highest BCUT2D eigenvalue weighted by Crippen LogP contribution is 2.41. The van der Waals surface area contributed by atoms with E-state index in [1.54, 1.807) is 0 Å². The summed E-state index contributed by atoms with van der Waals surface area (Å²) in [5.74, 6) is 0. The molecule has 0 aliphatic heterocycles. The van der Waals surface area contributed by atoms with Gasteiger partial charge in [-0.3, -0.25) is 0 Å². The first-order chi connectivity index (χ1) is 9.08. The zero-order valence-electron chi connectivity index (χ0n) is 11.5. The highest BCUT2D eigenvalue weighted by atomic mass is 14.5. The Morgan fingerprint density at radius 1 is 1.00 bits per heavy atom. The van der Waals surface area contributed by atoms with Gasteiger partial charge in [-0.2, -0.15) is 0 Å². The van der Waals surface area contributed by atoms with E-state index >= 15 is 0 Å². The molecule has 2 N–H and O–H groups in total. The molecule has 0 atom stereocenters. The van der Waals surface area contributed by atoms with E-state index < -0.39 is 0 Å². The van der Waals surface area contributed by atoms with Crippen LogP contribution in [0.15, 0.2) is 54.6 Å². The molecule has 0 aromatic heterocycles. The van der Waals surface area contributed by atoms with Crippen LogP contribution in [-0.2, 0) is 5.41 Å². The summed E-state index contributed by atoms with van der Waals surface area (Å²) in [7, 11) is 0. The van der Waals surface area contributed by atoms with Crippen molar-refractivity contribution in [2.24, 2.45) is 0 Å². The molecule has 19 heavy (non-hydrogen) atoms. The number of hydrogen-bond acceptors (Lipinski definition) is 1. The van der Waals surface area contributed by atoms with Crippen molar-refractivity contribution >= 4 is 11.3 Å². The van der Waals surface area contributed by atoms with Crippen molar-refractivity contribution in [3.05, 3.63) is 71.3 Å². The topological polar surface area (TPSA) is 26.0 Å². The summed E-state index contributed by atoms with van der Waals surface area (Å²) in [4.78, 5) is 0. The molecule has 0 saturated heterocycles. The van der Waals surface area contributed by atoms with Gasteiger partial charge in [0.05, 0.1) is 0 Å². The van der Waals surface area contributed by atoms with Gasteiger partial charge in [0.2, 0.25) is 0 Å². The molecule has 2 aromatic rings. The SMILES string of the molecule is CC1(C)CC=C(c2ccccc2)c2cc(N)ccc21. The summed E-state index contributed by atoms with van der Waals surface area (Å²) in [6, 6.07) is 16.8. The standard InChI is InChI=1S/C18H19N/c1-18(2)11-10-15(13-6-4-3-5-7-13)16-12-14(19)8-9-17(16)18/h3-10,12H,11,19H2,1-2H3. The molecule has 0 bridgehead atoms. The Hall–Kier alpha value is -2.02. The molecule has 0 amide bonds. The average Bonchev–Trinajstić information content (AvgIpc) is 2.39. The first-order valence-electron chi connectivity index (χ1n) is 6.74. The van der Waals surface area contributed by atoms with Crippen LogP contribution < -0.4 is 5.73 Å². The fourth-order valence-corrected chi connectivity index (χ4v) is 2.84. The molecular formula is C18H19N. The molecule has 1 aliphatic carbocycles. The third-order valence-corrected chi connectivity index (χ3v) is 3.96. The van der Waals surface area contributed by atoms with E-state index in [4.69, 9.17) is 5.73 Å². The van der Waals surface area contributed by atoms with Crippen molar-refractivity contribution in [2.45, 2.75) is 25.7 Å². The third kappa shape index (κ3) is 2.06. The number of fused-ring (bicyclic) bond motifs is 1. The predicted molar refractivity (Wildman–Crippen MR) is 82.0 cm³/mol. The van der Waals surface area contributed by atoms with E-state index in [1.165, 1.54) is 22.3 Å². The van der Waals surface area contributed by atoms with Gasteiger partial charge in [-0.15, -0.1) is 0 Å². The third-order valence-electron chi connectivity index (χ3n) is 3.96. The van der Waals surface area contributed by atoms with Gasteiger partial charge in [0.25, 0.3) is 0 Å². The maximum absolute atomic E-state index is 5.98. The Morgan fingerprint density at radius 3 is 2.47 bits per heavy atom. The monoisotopic (exact) mass is 249 g/mol. The second-order valence-corrected chi connectivity index (χ2v) is 5.88. The Morgan fingerprint density at radius 2 is 1.74 bits per heavy atom. The van der Waals surface area contributed by atoms with E-state index in [9.17, 15) is 0 Å². The van der Waals surface area contributed by atoms with Crippen LogP contribution in [0, 0.1) is 0 Å². The second kappa shape index (κ2) is 4.27. The van der Waals surface area contributed by atoms with Gasteiger partial charge in [0.15, 0.2) is 0 Å². The lowest BCUT2D eigenvalue weighted by Gasteiger charge is -2.32. The Balaban J connectivity index is 2.20. The van der Waals surface area contributed by atoms with Gasteiger partial charge in [-0.25, -0.2) is 0 Å². The number of nitrogen functional groups attached to an aromatic ring is 1. The number of anilines is 1. The largest absolute Gasteiger partial charge is 0.399 e. The van der Waals surface area contributed by atoms with Crippen molar-refractivity contribution in [1.82, 2.24) is 0 Å². The number of rotatable bonds is 1. The summed E-state index contributed by atoms with van der Waals surface area (Å²) in [6.45, 7) is 4.58. The number of nitrogens with two attached hydrogens (primary N) is 1. The summed E-state index contributed by atoms with van der Waals surface area (Å²) in [6.07, 6.45) is 3.41. The quantitative estimate of drug-likeness (QED) is 0.746. The van der Waals surface area contributed by atoms with Gasteiger partial charge < -0.3 is 5.73 Å². The van der Waals surface area contributed by atoms with Crippen LogP contribution in [0.2, 0.25) is 0 Å². The number of benzene rings is 2. The van der Waals surface area contributed by atoms with Crippen molar-refractivity contribution in [1.29, 1.82) is 0 Å². The molecule has 1 heteroatoms. The normalized spacial score (nSPS) is 16.6. The van der Waals surface area contributed by atoms with Crippen LogP contribution in [0.5, 0.6) is 0 Å². The molecule has 0 heterocycles. The van der Waals surface area contributed by atoms with Crippen LogP contribution in [-0.4, -0.2) is 0 Å². The van der Waals surface area contributed by atoms with E-state index in [0.717, 1.165) is 12.1 Å². The van der Waals surface area contributed by atoms with Crippen LogP contribution in [0.3, 0.4) is 0 Å². The first kappa shape index (κ1) is 12.0. The van der Waals surface area contributed by atoms with Crippen molar-refractivity contribution < 1.29 is 0 Å². The van der Waals surface area contributed by atoms with E-state index in [1.807, 2.05) is 6.07 Å². The van der Waals surface area contributed by atoms with Crippen LogP contribution in [0.4, 0.5) is 5.69 Å². The maximum atomic E-state index is 5.98. The van der Waals surface area contributed by atoms with Gasteiger partial charge in [-0.1, -0.05) is 56.3 Å². The number of hydrogen-bond donors (Lipinski definition) is 1.